The molecule has 0 radical (unpaired) electrons. The zero-order valence-electron chi connectivity index (χ0n) is 21.2. The Morgan fingerprint density at radius 3 is 2.56 bits per heavy atom. The van der Waals surface area contributed by atoms with Crippen molar-refractivity contribution in [3.05, 3.63) is 107 Å². The number of benzene rings is 2. The number of anilines is 2. The molecule has 0 bridgehead atoms. The molecule has 0 aliphatic carbocycles. The number of hydrogen-bond donors (Lipinski definition) is 0. The number of aryl methyl sites for hydroxylation is 1. The van der Waals surface area contributed by atoms with Crippen molar-refractivity contribution in [2.24, 2.45) is 0 Å². The Kier molecular flexibility index (Phi) is 7.43. The van der Waals surface area contributed by atoms with Crippen LogP contribution in [0.5, 0.6) is 5.75 Å². The molecule has 1 aliphatic rings. The number of ether oxygens (including phenoxy) is 2. The van der Waals surface area contributed by atoms with Gasteiger partial charge in [0.25, 0.3) is 0 Å². The number of methoxy groups -OCH3 is 1. The lowest BCUT2D eigenvalue weighted by Crippen LogP contribution is -2.14. The smallest absolute Gasteiger partial charge is 0.416 e. The van der Waals surface area contributed by atoms with Crippen LogP contribution in [0.15, 0.2) is 85.3 Å². The van der Waals surface area contributed by atoms with Gasteiger partial charge in [0.1, 0.15) is 16.9 Å². The minimum absolute atomic E-state index is 0.0165. The first-order chi connectivity index (χ1) is 18.8. The number of nitrogens with zero attached hydrogens (tertiary/aromatic N) is 2. The van der Waals surface area contributed by atoms with E-state index in [4.69, 9.17) is 9.47 Å². The summed E-state index contributed by atoms with van der Waals surface area (Å²) in [5, 5.41) is 0.678. The van der Waals surface area contributed by atoms with E-state index in [1.54, 1.807) is 18.5 Å². The molecule has 200 valence electrons. The fourth-order valence-corrected chi connectivity index (χ4v) is 5.61. The Morgan fingerprint density at radius 1 is 1.05 bits per heavy atom. The van der Waals surface area contributed by atoms with Gasteiger partial charge >= 0.3 is 12.1 Å². The van der Waals surface area contributed by atoms with Crippen molar-refractivity contribution in [2.75, 3.05) is 12.0 Å². The van der Waals surface area contributed by atoms with Gasteiger partial charge in [-0.2, -0.15) is 13.2 Å². The third-order valence-corrected chi connectivity index (χ3v) is 7.58. The summed E-state index contributed by atoms with van der Waals surface area (Å²) in [6.07, 6.45) is 3.65. The van der Waals surface area contributed by atoms with E-state index < -0.39 is 23.8 Å². The molecule has 1 aliphatic heterocycles. The Bertz CT molecular complexity index is 1520. The number of carbonyl (C=O) groups excluding carboxylic acids is 1. The quantitative estimate of drug-likeness (QED) is 0.226. The van der Waals surface area contributed by atoms with Crippen molar-refractivity contribution in [1.82, 2.24) is 4.98 Å². The molecule has 0 amide bonds. The lowest BCUT2D eigenvalue weighted by atomic mass is 10.00. The van der Waals surface area contributed by atoms with E-state index in [0.717, 1.165) is 52.6 Å². The van der Waals surface area contributed by atoms with Crippen molar-refractivity contribution in [2.45, 2.75) is 32.0 Å². The lowest BCUT2D eigenvalue weighted by Gasteiger charge is -2.21. The summed E-state index contributed by atoms with van der Waals surface area (Å²) in [7, 11) is 1.26. The second kappa shape index (κ2) is 10.9. The first kappa shape index (κ1) is 26.5. The highest BCUT2D eigenvalue weighted by Gasteiger charge is 2.35. The summed E-state index contributed by atoms with van der Waals surface area (Å²) in [5.74, 6) is -0.455. The molecule has 9 heteroatoms. The van der Waals surface area contributed by atoms with E-state index >= 15 is 0 Å². The molecule has 2 aromatic heterocycles. The maximum absolute atomic E-state index is 13.6. The zero-order valence-corrected chi connectivity index (χ0v) is 22.1. The van der Waals surface area contributed by atoms with Crippen molar-refractivity contribution >= 4 is 28.0 Å². The predicted octanol–water partition coefficient (Wildman–Crippen LogP) is 8.35. The molecule has 0 spiro atoms. The number of esters is 1. The van der Waals surface area contributed by atoms with Gasteiger partial charge in [0.05, 0.1) is 12.7 Å². The van der Waals surface area contributed by atoms with Crippen LogP contribution in [0.1, 0.15) is 45.8 Å². The van der Waals surface area contributed by atoms with Gasteiger partial charge in [-0.15, -0.1) is 11.3 Å². The number of halogens is 3. The number of allylic oxidation sites excluding steroid dienone is 1. The van der Waals surface area contributed by atoms with Crippen LogP contribution in [0.2, 0.25) is 0 Å². The molecule has 1 unspecified atom stereocenters. The standard InChI is InChI=1S/C30H25F3N2O3S/c1-19(23-8-3-4-9-24(23)30(31,32)33)38-26-18-27(39-28(26)29(36)37-2)35-16-6-5-7-22-17-21(10-11-25(22)35)20-12-14-34-15-13-20/h3-4,6,8-19H,5,7H2,1-2H3. The third-order valence-electron chi connectivity index (χ3n) is 6.49. The summed E-state index contributed by atoms with van der Waals surface area (Å²) in [4.78, 5) is 18.9. The number of aromatic nitrogens is 1. The van der Waals surface area contributed by atoms with Crippen molar-refractivity contribution in [3.8, 4) is 16.9 Å². The summed E-state index contributed by atoms with van der Waals surface area (Å²) < 4.78 is 51.9. The molecule has 2 aromatic carbocycles. The van der Waals surface area contributed by atoms with Crippen LogP contribution in [0.25, 0.3) is 11.1 Å². The van der Waals surface area contributed by atoms with Crippen molar-refractivity contribution in [3.63, 3.8) is 0 Å². The third kappa shape index (κ3) is 5.54. The summed E-state index contributed by atoms with van der Waals surface area (Å²) in [5.41, 5.74) is 3.41. The molecule has 39 heavy (non-hydrogen) atoms. The average molecular weight is 551 g/mol. The Balaban J connectivity index is 1.52. The number of alkyl halides is 3. The highest BCUT2D eigenvalue weighted by molar-refractivity contribution is 7.18. The number of thiophene rings is 1. The Labute approximate surface area is 228 Å². The number of carbonyl (C=O) groups is 1. The monoisotopic (exact) mass is 550 g/mol. The van der Waals surface area contributed by atoms with E-state index in [1.807, 2.05) is 41.4 Å². The first-order valence-electron chi connectivity index (χ1n) is 12.3. The van der Waals surface area contributed by atoms with Crippen LogP contribution in [0.4, 0.5) is 23.9 Å². The Hall–Kier alpha value is -4.11. The zero-order chi connectivity index (χ0) is 27.6. The molecule has 5 rings (SSSR count). The van der Waals surface area contributed by atoms with Crippen LogP contribution in [-0.4, -0.2) is 18.1 Å². The number of pyridine rings is 1. The maximum Gasteiger partial charge on any atom is 0.416 e. The SMILES string of the molecule is COC(=O)c1sc(N2C=CCCc3cc(-c4ccncc4)ccc32)cc1OC(C)c1ccccc1C(F)(F)F. The van der Waals surface area contributed by atoms with Crippen molar-refractivity contribution in [1.29, 1.82) is 0 Å². The van der Waals surface area contributed by atoms with Gasteiger partial charge in [0.2, 0.25) is 0 Å². The summed E-state index contributed by atoms with van der Waals surface area (Å²) in [6.45, 7) is 1.53. The summed E-state index contributed by atoms with van der Waals surface area (Å²) >= 11 is 1.16. The molecule has 1 atom stereocenters. The first-order valence-corrected chi connectivity index (χ1v) is 13.1. The Morgan fingerprint density at radius 2 is 1.82 bits per heavy atom. The summed E-state index contributed by atoms with van der Waals surface area (Å²) in [6, 6.07) is 17.1. The molecular weight excluding hydrogens is 525 g/mol. The minimum atomic E-state index is -4.53. The highest BCUT2D eigenvalue weighted by atomic mass is 32.1. The van der Waals surface area contributed by atoms with Gasteiger partial charge in [-0.1, -0.05) is 30.3 Å². The van der Waals surface area contributed by atoms with Crippen LogP contribution >= 0.6 is 11.3 Å². The van der Waals surface area contributed by atoms with E-state index in [0.29, 0.717) is 5.00 Å². The largest absolute Gasteiger partial charge is 0.484 e. The maximum atomic E-state index is 13.6. The van der Waals surface area contributed by atoms with Gasteiger partial charge in [-0.05, 0) is 66.8 Å². The molecular formula is C30H25F3N2O3S. The topological polar surface area (TPSA) is 51.7 Å². The van der Waals surface area contributed by atoms with Crippen LogP contribution in [0.3, 0.4) is 0 Å². The van der Waals surface area contributed by atoms with Gasteiger partial charge in [-0.3, -0.25) is 4.98 Å². The van der Waals surface area contributed by atoms with Crippen LogP contribution in [-0.2, 0) is 17.3 Å². The highest BCUT2D eigenvalue weighted by Crippen LogP contribution is 2.44. The molecule has 0 saturated heterocycles. The molecule has 4 aromatic rings. The average Bonchev–Trinajstić information content (AvgIpc) is 3.23. The molecule has 0 saturated carbocycles. The van der Waals surface area contributed by atoms with E-state index in [9.17, 15) is 18.0 Å². The molecule has 0 fully saturated rings. The number of fused-ring (bicyclic) bond motifs is 1. The fourth-order valence-electron chi connectivity index (χ4n) is 4.60. The van der Waals surface area contributed by atoms with E-state index in [-0.39, 0.29) is 16.2 Å². The van der Waals surface area contributed by atoms with Gasteiger partial charge in [0.15, 0.2) is 4.88 Å². The minimum Gasteiger partial charge on any atom is -0.484 e. The lowest BCUT2D eigenvalue weighted by molar-refractivity contribution is -0.139. The van der Waals surface area contributed by atoms with E-state index in [2.05, 4.69) is 11.1 Å². The second-order valence-corrected chi connectivity index (χ2v) is 10.0. The predicted molar refractivity (Wildman–Crippen MR) is 145 cm³/mol. The number of rotatable bonds is 6. The molecule has 5 nitrogen and oxygen atoms in total. The van der Waals surface area contributed by atoms with Gasteiger partial charge < -0.3 is 14.4 Å². The molecule has 0 N–H and O–H groups in total. The van der Waals surface area contributed by atoms with Gasteiger partial charge in [-0.25, -0.2) is 4.79 Å². The van der Waals surface area contributed by atoms with E-state index in [1.165, 1.54) is 32.2 Å². The van der Waals surface area contributed by atoms with Crippen LogP contribution in [0, 0.1) is 0 Å². The van der Waals surface area contributed by atoms with Crippen LogP contribution < -0.4 is 9.64 Å². The normalized spacial score (nSPS) is 13.9. The number of hydrogen-bond acceptors (Lipinski definition) is 6. The van der Waals surface area contributed by atoms with Crippen molar-refractivity contribution < 1.29 is 27.4 Å². The molecule has 3 heterocycles. The second-order valence-electron chi connectivity index (χ2n) is 8.99. The fraction of sp³-hybridized carbons (Fsp3) is 0.200. The van der Waals surface area contributed by atoms with Gasteiger partial charge in [0, 0.05) is 35.9 Å².